The van der Waals surface area contributed by atoms with E-state index in [1.54, 1.807) is 0 Å². The van der Waals surface area contributed by atoms with Gasteiger partial charge >= 0.3 is 6.01 Å². The zero-order valence-electron chi connectivity index (χ0n) is 16.3. The Kier molecular flexibility index (Phi) is 5.91. The minimum Gasteiger partial charge on any atom is -0.407 e. The first-order chi connectivity index (χ1) is 14.5. The van der Waals surface area contributed by atoms with Gasteiger partial charge in [-0.05, 0) is 42.7 Å². The Hall–Kier alpha value is -3.04. The molecule has 1 fully saturated rings. The van der Waals surface area contributed by atoms with Crippen LogP contribution in [0.5, 0.6) is 0 Å². The summed E-state index contributed by atoms with van der Waals surface area (Å²) >= 11 is 0. The standard InChI is InChI=1S/C21H22N4O4S/c26-20(22-21-24-23-19(29-21)15-16-7-3-1-4-8-16)17-9-11-18(12-10-17)30(27,28)25-13-5-2-6-14-25/h1,3-4,7-12H,2,5-6,13-15H2,(H,22,24,26). The van der Waals surface area contributed by atoms with Crippen LogP contribution in [-0.4, -0.2) is 41.9 Å². The van der Waals surface area contributed by atoms with Crippen molar-refractivity contribution in [3.8, 4) is 0 Å². The van der Waals surface area contributed by atoms with Gasteiger partial charge in [-0.2, -0.15) is 4.31 Å². The molecule has 0 atom stereocenters. The van der Waals surface area contributed by atoms with E-state index in [1.165, 1.54) is 28.6 Å². The van der Waals surface area contributed by atoms with Gasteiger partial charge in [0.15, 0.2) is 0 Å². The maximum absolute atomic E-state index is 12.7. The second-order valence-electron chi connectivity index (χ2n) is 7.11. The van der Waals surface area contributed by atoms with Gasteiger partial charge in [-0.15, -0.1) is 5.10 Å². The van der Waals surface area contributed by atoms with Crippen LogP contribution >= 0.6 is 0 Å². The number of rotatable bonds is 6. The minimum atomic E-state index is -3.53. The number of hydrogen-bond donors (Lipinski definition) is 1. The van der Waals surface area contributed by atoms with Crippen molar-refractivity contribution in [3.05, 3.63) is 71.6 Å². The molecule has 0 unspecified atom stereocenters. The van der Waals surface area contributed by atoms with Crippen molar-refractivity contribution in [2.45, 2.75) is 30.6 Å². The first kappa shape index (κ1) is 20.2. The molecule has 1 N–H and O–H groups in total. The first-order valence-corrected chi connectivity index (χ1v) is 11.2. The Labute approximate surface area is 175 Å². The van der Waals surface area contributed by atoms with Crippen molar-refractivity contribution in [1.29, 1.82) is 0 Å². The molecular formula is C21H22N4O4S. The van der Waals surface area contributed by atoms with Crippen LogP contribution in [-0.2, 0) is 16.4 Å². The van der Waals surface area contributed by atoms with Gasteiger partial charge in [-0.3, -0.25) is 10.1 Å². The van der Waals surface area contributed by atoms with Crippen LogP contribution in [0.15, 0.2) is 63.9 Å². The molecule has 156 valence electrons. The summed E-state index contributed by atoms with van der Waals surface area (Å²) in [5, 5.41) is 10.3. The summed E-state index contributed by atoms with van der Waals surface area (Å²) < 4.78 is 32.4. The molecule has 0 bridgehead atoms. The maximum Gasteiger partial charge on any atom is 0.322 e. The summed E-state index contributed by atoms with van der Waals surface area (Å²) in [5.41, 5.74) is 1.32. The van der Waals surface area contributed by atoms with Crippen LogP contribution in [0.1, 0.15) is 41.1 Å². The van der Waals surface area contributed by atoms with Gasteiger partial charge < -0.3 is 4.42 Å². The molecule has 1 amide bonds. The largest absolute Gasteiger partial charge is 0.407 e. The van der Waals surface area contributed by atoms with Crippen molar-refractivity contribution < 1.29 is 17.6 Å². The fraction of sp³-hybridized carbons (Fsp3) is 0.286. The molecule has 0 aliphatic carbocycles. The highest BCUT2D eigenvalue weighted by Gasteiger charge is 2.26. The number of carbonyl (C=O) groups excluding carboxylic acids is 1. The average molecular weight is 426 g/mol. The zero-order chi connectivity index (χ0) is 21.0. The van der Waals surface area contributed by atoms with Gasteiger partial charge in [-0.1, -0.05) is 41.9 Å². The third-order valence-electron chi connectivity index (χ3n) is 4.95. The van der Waals surface area contributed by atoms with Crippen LogP contribution in [0.2, 0.25) is 0 Å². The Morgan fingerprint density at radius 3 is 2.37 bits per heavy atom. The molecule has 4 rings (SSSR count). The summed E-state index contributed by atoms with van der Waals surface area (Å²) in [7, 11) is -3.53. The Bertz CT molecular complexity index is 1110. The van der Waals surface area contributed by atoms with E-state index in [2.05, 4.69) is 15.5 Å². The van der Waals surface area contributed by atoms with Crippen LogP contribution in [0, 0.1) is 0 Å². The number of anilines is 1. The van der Waals surface area contributed by atoms with E-state index in [1.807, 2.05) is 30.3 Å². The maximum atomic E-state index is 12.7. The second-order valence-corrected chi connectivity index (χ2v) is 9.04. The summed E-state index contributed by atoms with van der Waals surface area (Å²) in [6.45, 7) is 1.07. The highest BCUT2D eigenvalue weighted by Crippen LogP contribution is 2.21. The first-order valence-electron chi connectivity index (χ1n) is 9.80. The van der Waals surface area contributed by atoms with Crippen molar-refractivity contribution in [3.63, 3.8) is 0 Å². The number of nitrogens with one attached hydrogen (secondary N) is 1. The Balaban J connectivity index is 1.40. The molecule has 9 heteroatoms. The number of hydrogen-bond acceptors (Lipinski definition) is 6. The predicted octanol–water partition coefficient (Wildman–Crippen LogP) is 3.09. The van der Waals surface area contributed by atoms with E-state index in [0.717, 1.165) is 24.8 Å². The molecule has 1 aromatic heterocycles. The smallest absolute Gasteiger partial charge is 0.322 e. The lowest BCUT2D eigenvalue weighted by Crippen LogP contribution is -2.35. The number of nitrogens with zero attached hydrogens (tertiary/aromatic N) is 3. The Morgan fingerprint density at radius 2 is 1.67 bits per heavy atom. The van der Waals surface area contributed by atoms with Gasteiger partial charge in [0, 0.05) is 18.7 Å². The summed E-state index contributed by atoms with van der Waals surface area (Å²) in [6.07, 6.45) is 3.26. The lowest BCUT2D eigenvalue weighted by atomic mass is 10.2. The van der Waals surface area contributed by atoms with Crippen molar-refractivity contribution in [2.24, 2.45) is 0 Å². The molecule has 1 aliphatic heterocycles. The molecule has 0 spiro atoms. The summed E-state index contributed by atoms with van der Waals surface area (Å²) in [4.78, 5) is 12.6. The molecule has 30 heavy (non-hydrogen) atoms. The van der Waals surface area contributed by atoms with E-state index in [-0.39, 0.29) is 10.9 Å². The van der Waals surface area contributed by atoms with E-state index in [0.29, 0.717) is 31.0 Å². The van der Waals surface area contributed by atoms with Gasteiger partial charge in [0.1, 0.15) is 0 Å². The van der Waals surface area contributed by atoms with Gasteiger partial charge in [0.05, 0.1) is 11.3 Å². The number of carbonyl (C=O) groups is 1. The van der Waals surface area contributed by atoms with Crippen LogP contribution in [0.4, 0.5) is 6.01 Å². The van der Waals surface area contributed by atoms with Crippen LogP contribution < -0.4 is 5.32 Å². The fourth-order valence-corrected chi connectivity index (χ4v) is 4.87. The highest BCUT2D eigenvalue weighted by atomic mass is 32.2. The molecule has 8 nitrogen and oxygen atoms in total. The molecule has 1 aliphatic rings. The topological polar surface area (TPSA) is 105 Å². The molecule has 0 radical (unpaired) electrons. The molecule has 0 saturated carbocycles. The number of sulfonamides is 1. The number of aromatic nitrogens is 2. The monoisotopic (exact) mass is 426 g/mol. The SMILES string of the molecule is O=C(Nc1nnc(Cc2ccccc2)o1)c1ccc(S(=O)(=O)N2CCCCC2)cc1. The fourth-order valence-electron chi connectivity index (χ4n) is 3.35. The number of piperidine rings is 1. The van der Waals surface area contributed by atoms with E-state index < -0.39 is 15.9 Å². The van der Waals surface area contributed by atoms with Crippen LogP contribution in [0.25, 0.3) is 0 Å². The zero-order valence-corrected chi connectivity index (χ0v) is 17.1. The lowest BCUT2D eigenvalue weighted by molar-refractivity contribution is 0.102. The van der Waals surface area contributed by atoms with E-state index >= 15 is 0 Å². The predicted molar refractivity (Wildman–Crippen MR) is 111 cm³/mol. The van der Waals surface area contributed by atoms with Gasteiger partial charge in [0.2, 0.25) is 15.9 Å². The third kappa shape index (κ3) is 4.58. The summed E-state index contributed by atoms with van der Waals surface area (Å²) in [5.74, 6) is -0.0636. The second kappa shape index (κ2) is 8.76. The van der Waals surface area contributed by atoms with E-state index in [4.69, 9.17) is 4.42 Å². The number of benzene rings is 2. The van der Waals surface area contributed by atoms with Crippen molar-refractivity contribution in [2.75, 3.05) is 18.4 Å². The molecular weight excluding hydrogens is 404 g/mol. The van der Waals surface area contributed by atoms with Crippen molar-refractivity contribution >= 4 is 21.9 Å². The highest BCUT2D eigenvalue weighted by molar-refractivity contribution is 7.89. The third-order valence-corrected chi connectivity index (χ3v) is 6.87. The molecule has 2 aromatic carbocycles. The number of amides is 1. The average Bonchev–Trinajstić information content (AvgIpc) is 3.21. The quantitative estimate of drug-likeness (QED) is 0.649. The van der Waals surface area contributed by atoms with Gasteiger partial charge in [0.25, 0.3) is 5.91 Å². The lowest BCUT2D eigenvalue weighted by Gasteiger charge is -2.25. The molecule has 1 saturated heterocycles. The minimum absolute atomic E-state index is 0.00375. The summed E-state index contributed by atoms with van der Waals surface area (Å²) in [6, 6.07) is 15.5. The molecule has 3 aromatic rings. The Morgan fingerprint density at radius 1 is 0.967 bits per heavy atom. The van der Waals surface area contributed by atoms with Crippen molar-refractivity contribution in [1.82, 2.24) is 14.5 Å². The van der Waals surface area contributed by atoms with Gasteiger partial charge in [-0.25, -0.2) is 8.42 Å². The van der Waals surface area contributed by atoms with E-state index in [9.17, 15) is 13.2 Å². The van der Waals surface area contributed by atoms with Crippen LogP contribution in [0.3, 0.4) is 0 Å². The normalized spacial score (nSPS) is 15.1. The molecule has 2 heterocycles.